The number of pyridine rings is 2. The van der Waals surface area contributed by atoms with Crippen LogP contribution in [0.5, 0.6) is 0 Å². The second-order valence-electron chi connectivity index (χ2n) is 6.41. The van der Waals surface area contributed by atoms with E-state index in [1.165, 1.54) is 0 Å². The van der Waals surface area contributed by atoms with Crippen molar-refractivity contribution in [2.45, 2.75) is 19.5 Å². The molecule has 1 amide bonds. The van der Waals surface area contributed by atoms with Gasteiger partial charge < -0.3 is 5.32 Å². The topological polar surface area (TPSA) is 72.7 Å². The minimum atomic E-state index is -0.122. The molecule has 0 saturated carbocycles. The Morgan fingerprint density at radius 1 is 1.11 bits per heavy atom. The van der Waals surface area contributed by atoms with Crippen LogP contribution < -0.4 is 5.32 Å². The molecule has 3 heterocycles. The first-order chi connectivity index (χ1) is 13.2. The Labute approximate surface area is 156 Å². The molecule has 6 nitrogen and oxygen atoms in total. The maximum absolute atomic E-state index is 13.0. The molecule has 0 aliphatic carbocycles. The Kier molecular flexibility index (Phi) is 4.61. The van der Waals surface area contributed by atoms with Crippen LogP contribution in [-0.2, 0) is 6.54 Å². The van der Waals surface area contributed by atoms with Gasteiger partial charge in [-0.05, 0) is 37.3 Å². The highest BCUT2D eigenvalue weighted by molar-refractivity contribution is 6.07. The first kappa shape index (κ1) is 16.9. The summed E-state index contributed by atoms with van der Waals surface area (Å²) in [7, 11) is 0. The van der Waals surface area contributed by atoms with Crippen molar-refractivity contribution in [2.24, 2.45) is 0 Å². The van der Waals surface area contributed by atoms with E-state index in [0.717, 1.165) is 22.2 Å². The van der Waals surface area contributed by atoms with E-state index in [9.17, 15) is 4.79 Å². The molecule has 3 aromatic heterocycles. The summed E-state index contributed by atoms with van der Waals surface area (Å²) in [6.45, 7) is 2.58. The number of carbonyl (C=O) groups excluding carboxylic acids is 1. The van der Waals surface area contributed by atoms with Crippen molar-refractivity contribution in [3.8, 4) is 11.3 Å². The van der Waals surface area contributed by atoms with Gasteiger partial charge in [0, 0.05) is 41.8 Å². The predicted octanol–water partition coefficient (Wildman–Crippen LogP) is 3.31. The predicted molar refractivity (Wildman–Crippen MR) is 104 cm³/mol. The monoisotopic (exact) mass is 357 g/mol. The molecule has 0 aliphatic rings. The first-order valence-corrected chi connectivity index (χ1v) is 8.79. The van der Waals surface area contributed by atoms with Crippen molar-refractivity contribution in [1.29, 1.82) is 0 Å². The van der Waals surface area contributed by atoms with Gasteiger partial charge in [-0.2, -0.15) is 5.10 Å². The Morgan fingerprint density at radius 3 is 2.70 bits per heavy atom. The normalized spacial score (nSPS) is 12.0. The van der Waals surface area contributed by atoms with E-state index >= 15 is 0 Å². The molecule has 1 atom stereocenters. The summed E-state index contributed by atoms with van der Waals surface area (Å²) < 4.78 is 1.80. The molecule has 4 rings (SSSR count). The van der Waals surface area contributed by atoms with Crippen LogP contribution in [0.4, 0.5) is 0 Å². The standard InChI is InChI=1S/C21H19N5O/c1-15(14-26-12-4-9-23-26)24-21(27)18-13-20(16-7-10-22-11-8-16)25-19-6-3-2-5-17(18)19/h2-13,15H,14H2,1H3,(H,24,27). The van der Waals surface area contributed by atoms with Gasteiger partial charge in [-0.25, -0.2) is 4.98 Å². The summed E-state index contributed by atoms with van der Waals surface area (Å²) in [6.07, 6.45) is 7.05. The summed E-state index contributed by atoms with van der Waals surface area (Å²) in [5, 5.41) is 8.09. The number of carbonyl (C=O) groups is 1. The fourth-order valence-electron chi connectivity index (χ4n) is 3.07. The molecule has 4 aromatic rings. The number of amides is 1. The number of aromatic nitrogens is 4. The van der Waals surface area contributed by atoms with Gasteiger partial charge in [0.25, 0.3) is 5.91 Å². The molecule has 1 N–H and O–H groups in total. The number of rotatable bonds is 5. The highest BCUT2D eigenvalue weighted by Gasteiger charge is 2.16. The fraction of sp³-hybridized carbons (Fsp3) is 0.143. The molecule has 27 heavy (non-hydrogen) atoms. The fourth-order valence-corrected chi connectivity index (χ4v) is 3.07. The van der Waals surface area contributed by atoms with Crippen molar-refractivity contribution in [1.82, 2.24) is 25.1 Å². The van der Waals surface area contributed by atoms with E-state index < -0.39 is 0 Å². The summed E-state index contributed by atoms with van der Waals surface area (Å²) in [5.41, 5.74) is 3.08. The number of para-hydroxylation sites is 1. The van der Waals surface area contributed by atoms with Crippen LogP contribution >= 0.6 is 0 Å². The molecule has 6 heteroatoms. The number of nitrogens with zero attached hydrogens (tertiary/aromatic N) is 4. The highest BCUT2D eigenvalue weighted by Crippen LogP contribution is 2.24. The first-order valence-electron chi connectivity index (χ1n) is 8.79. The summed E-state index contributed by atoms with van der Waals surface area (Å²) in [5.74, 6) is -0.122. The van der Waals surface area contributed by atoms with E-state index in [4.69, 9.17) is 4.98 Å². The van der Waals surface area contributed by atoms with Crippen LogP contribution in [0.2, 0.25) is 0 Å². The zero-order valence-electron chi connectivity index (χ0n) is 14.9. The zero-order chi connectivity index (χ0) is 18.6. The lowest BCUT2D eigenvalue weighted by Crippen LogP contribution is -2.36. The van der Waals surface area contributed by atoms with Crippen molar-refractivity contribution in [2.75, 3.05) is 0 Å². The largest absolute Gasteiger partial charge is 0.348 e. The van der Waals surface area contributed by atoms with Crippen LogP contribution in [0, 0.1) is 0 Å². The van der Waals surface area contributed by atoms with Gasteiger partial charge in [-0.3, -0.25) is 14.5 Å². The van der Waals surface area contributed by atoms with Gasteiger partial charge in [-0.1, -0.05) is 18.2 Å². The van der Waals surface area contributed by atoms with E-state index in [2.05, 4.69) is 15.4 Å². The SMILES string of the molecule is CC(Cn1cccn1)NC(=O)c1cc(-c2ccncc2)nc2ccccc12. The van der Waals surface area contributed by atoms with Crippen LogP contribution in [0.25, 0.3) is 22.2 Å². The Morgan fingerprint density at radius 2 is 1.93 bits per heavy atom. The van der Waals surface area contributed by atoms with Gasteiger partial charge >= 0.3 is 0 Å². The third kappa shape index (κ3) is 3.69. The minimum absolute atomic E-state index is 0.0614. The Balaban J connectivity index is 1.68. The summed E-state index contributed by atoms with van der Waals surface area (Å²) in [6, 6.07) is 15.1. The summed E-state index contributed by atoms with van der Waals surface area (Å²) in [4.78, 5) is 21.8. The molecule has 0 aliphatic heterocycles. The molecule has 0 radical (unpaired) electrons. The van der Waals surface area contributed by atoms with Crippen molar-refractivity contribution in [3.63, 3.8) is 0 Å². The third-order valence-electron chi connectivity index (χ3n) is 4.33. The maximum atomic E-state index is 13.0. The quantitative estimate of drug-likeness (QED) is 0.595. The maximum Gasteiger partial charge on any atom is 0.252 e. The van der Waals surface area contributed by atoms with Gasteiger partial charge in [0.1, 0.15) is 0 Å². The molecule has 0 saturated heterocycles. The van der Waals surface area contributed by atoms with Crippen molar-refractivity contribution in [3.05, 3.63) is 78.9 Å². The second kappa shape index (κ2) is 7.37. The van der Waals surface area contributed by atoms with Crippen LogP contribution in [0.1, 0.15) is 17.3 Å². The third-order valence-corrected chi connectivity index (χ3v) is 4.33. The highest BCUT2D eigenvalue weighted by atomic mass is 16.1. The zero-order valence-corrected chi connectivity index (χ0v) is 14.9. The van der Waals surface area contributed by atoms with E-state index in [1.807, 2.05) is 61.7 Å². The average molecular weight is 357 g/mol. The lowest BCUT2D eigenvalue weighted by Gasteiger charge is -2.16. The average Bonchev–Trinajstić information content (AvgIpc) is 3.20. The van der Waals surface area contributed by atoms with Gasteiger partial charge in [0.05, 0.1) is 23.3 Å². The number of nitrogens with one attached hydrogen (secondary N) is 1. The molecule has 0 fully saturated rings. The molecule has 134 valence electrons. The van der Waals surface area contributed by atoms with Gasteiger partial charge in [-0.15, -0.1) is 0 Å². The smallest absolute Gasteiger partial charge is 0.252 e. The lowest BCUT2D eigenvalue weighted by molar-refractivity contribution is 0.0937. The van der Waals surface area contributed by atoms with Crippen LogP contribution in [0.15, 0.2) is 73.3 Å². The Bertz CT molecular complexity index is 1060. The molecule has 0 bridgehead atoms. The van der Waals surface area contributed by atoms with Crippen molar-refractivity contribution < 1.29 is 4.79 Å². The number of fused-ring (bicyclic) bond motifs is 1. The minimum Gasteiger partial charge on any atom is -0.348 e. The van der Waals surface area contributed by atoms with E-state index in [1.54, 1.807) is 23.3 Å². The molecule has 1 unspecified atom stereocenters. The van der Waals surface area contributed by atoms with Gasteiger partial charge in [0.2, 0.25) is 0 Å². The van der Waals surface area contributed by atoms with Crippen LogP contribution in [-0.4, -0.2) is 31.7 Å². The van der Waals surface area contributed by atoms with Gasteiger partial charge in [0.15, 0.2) is 0 Å². The second-order valence-corrected chi connectivity index (χ2v) is 6.41. The molecule has 0 spiro atoms. The van der Waals surface area contributed by atoms with E-state index in [0.29, 0.717) is 12.1 Å². The lowest BCUT2D eigenvalue weighted by atomic mass is 10.0. The summed E-state index contributed by atoms with van der Waals surface area (Å²) >= 11 is 0. The Hall–Kier alpha value is -3.54. The molecular weight excluding hydrogens is 338 g/mol. The molecular formula is C21H19N5O. The number of benzene rings is 1. The number of hydrogen-bond donors (Lipinski definition) is 1. The number of hydrogen-bond acceptors (Lipinski definition) is 4. The van der Waals surface area contributed by atoms with Crippen molar-refractivity contribution >= 4 is 16.8 Å². The molecule has 1 aromatic carbocycles. The van der Waals surface area contributed by atoms with Crippen LogP contribution in [0.3, 0.4) is 0 Å². The van der Waals surface area contributed by atoms with E-state index in [-0.39, 0.29) is 11.9 Å².